The van der Waals surface area contributed by atoms with Crippen LogP contribution in [0.3, 0.4) is 0 Å². The fraction of sp³-hybridized carbons (Fsp3) is 0.111. The Morgan fingerprint density at radius 1 is 1.62 bits per heavy atom. The molecule has 1 rings (SSSR count). The summed E-state index contributed by atoms with van der Waals surface area (Å²) in [5.41, 5.74) is 0.549. The average molecular weight is 198 g/mol. The molecule has 0 radical (unpaired) electrons. The lowest BCUT2D eigenvalue weighted by Gasteiger charge is -2.04. The third kappa shape index (κ3) is 2.29. The Balaban J connectivity index is 3.04. The first-order chi connectivity index (χ1) is 6.15. The molecule has 0 fully saturated rings. The number of nitro groups is 1. The molecule has 0 saturated heterocycles. The minimum Gasteiger partial charge on any atom is -0.264 e. The number of halogens is 1. The predicted octanol–water partition coefficient (Wildman–Crippen LogP) is 2.84. The first kappa shape index (κ1) is 9.74. The van der Waals surface area contributed by atoms with E-state index in [-0.39, 0.29) is 0 Å². The fourth-order valence-corrected chi connectivity index (χ4v) is 1.23. The predicted molar refractivity (Wildman–Crippen MR) is 51.4 cm³/mol. The second kappa shape index (κ2) is 4.05. The van der Waals surface area contributed by atoms with E-state index in [2.05, 4.69) is 6.58 Å². The van der Waals surface area contributed by atoms with E-state index in [1.165, 1.54) is 6.08 Å². The van der Waals surface area contributed by atoms with Crippen molar-refractivity contribution in [3.63, 3.8) is 0 Å². The Hall–Kier alpha value is -1.35. The van der Waals surface area contributed by atoms with Crippen LogP contribution >= 0.6 is 11.6 Å². The second-order valence-corrected chi connectivity index (χ2v) is 2.96. The van der Waals surface area contributed by atoms with Gasteiger partial charge in [-0.05, 0) is 18.2 Å². The van der Waals surface area contributed by atoms with Crippen molar-refractivity contribution in [3.8, 4) is 0 Å². The van der Waals surface area contributed by atoms with E-state index in [4.69, 9.17) is 11.6 Å². The van der Waals surface area contributed by atoms with Gasteiger partial charge in [0, 0.05) is 15.5 Å². The SMILES string of the molecule is C=CC(c1cccc(Cl)c1)[N+](=O)[O-]. The van der Waals surface area contributed by atoms with E-state index in [0.717, 1.165) is 0 Å². The van der Waals surface area contributed by atoms with Crippen molar-refractivity contribution in [1.82, 2.24) is 0 Å². The first-order valence-corrected chi connectivity index (χ1v) is 4.04. The van der Waals surface area contributed by atoms with Crippen molar-refractivity contribution in [2.45, 2.75) is 6.04 Å². The van der Waals surface area contributed by atoms with Crippen molar-refractivity contribution in [1.29, 1.82) is 0 Å². The zero-order chi connectivity index (χ0) is 9.84. The van der Waals surface area contributed by atoms with Crippen LogP contribution in [0.5, 0.6) is 0 Å². The summed E-state index contributed by atoms with van der Waals surface area (Å²) in [6, 6.07) is 5.69. The number of hydrogen-bond donors (Lipinski definition) is 0. The number of hydrogen-bond acceptors (Lipinski definition) is 2. The lowest BCUT2D eigenvalue weighted by molar-refractivity contribution is -0.515. The van der Waals surface area contributed by atoms with Gasteiger partial charge in [0.25, 0.3) is 6.04 Å². The highest BCUT2D eigenvalue weighted by atomic mass is 35.5. The van der Waals surface area contributed by atoms with Gasteiger partial charge in [0.1, 0.15) is 0 Å². The summed E-state index contributed by atoms with van der Waals surface area (Å²) in [6.45, 7) is 3.40. The minimum absolute atomic E-state index is 0.404. The van der Waals surface area contributed by atoms with Crippen molar-refractivity contribution in [2.24, 2.45) is 0 Å². The van der Waals surface area contributed by atoms with Gasteiger partial charge in [0.15, 0.2) is 0 Å². The van der Waals surface area contributed by atoms with Gasteiger partial charge >= 0.3 is 0 Å². The Morgan fingerprint density at radius 2 is 2.31 bits per heavy atom. The van der Waals surface area contributed by atoms with Gasteiger partial charge in [-0.25, -0.2) is 0 Å². The van der Waals surface area contributed by atoms with Gasteiger partial charge in [-0.1, -0.05) is 30.3 Å². The van der Waals surface area contributed by atoms with Crippen molar-refractivity contribution < 1.29 is 4.92 Å². The number of rotatable bonds is 3. The molecule has 3 nitrogen and oxygen atoms in total. The molecule has 0 heterocycles. The van der Waals surface area contributed by atoms with E-state index in [0.29, 0.717) is 10.6 Å². The minimum atomic E-state index is -0.876. The molecule has 0 bridgehead atoms. The number of benzene rings is 1. The maximum absolute atomic E-state index is 10.5. The van der Waals surface area contributed by atoms with Crippen LogP contribution in [0, 0.1) is 10.1 Å². The molecule has 0 amide bonds. The van der Waals surface area contributed by atoms with Crippen molar-refractivity contribution in [3.05, 3.63) is 57.6 Å². The highest BCUT2D eigenvalue weighted by Gasteiger charge is 2.17. The summed E-state index contributed by atoms with van der Waals surface area (Å²) in [6.07, 6.45) is 1.28. The molecule has 0 aliphatic rings. The van der Waals surface area contributed by atoms with Crippen molar-refractivity contribution >= 4 is 11.6 Å². The lowest BCUT2D eigenvalue weighted by atomic mass is 10.1. The molecular formula is C9H8ClNO2. The molecule has 1 unspecified atom stereocenters. The molecular weight excluding hydrogens is 190 g/mol. The summed E-state index contributed by atoms with van der Waals surface area (Å²) in [7, 11) is 0. The Kier molecular flexibility index (Phi) is 3.03. The molecule has 13 heavy (non-hydrogen) atoms. The van der Waals surface area contributed by atoms with E-state index in [1.54, 1.807) is 24.3 Å². The normalized spacial score (nSPS) is 12.1. The molecule has 0 saturated carbocycles. The van der Waals surface area contributed by atoms with Crippen LogP contribution in [0.15, 0.2) is 36.9 Å². The van der Waals surface area contributed by atoms with Crippen molar-refractivity contribution in [2.75, 3.05) is 0 Å². The van der Waals surface area contributed by atoms with Crippen LogP contribution in [-0.2, 0) is 0 Å². The van der Waals surface area contributed by atoms with Crippen LogP contribution in [0.4, 0.5) is 0 Å². The maximum Gasteiger partial charge on any atom is 0.256 e. The quantitative estimate of drug-likeness (QED) is 0.425. The Labute approximate surface area is 80.8 Å². The molecule has 1 aromatic rings. The zero-order valence-electron chi connectivity index (χ0n) is 6.81. The molecule has 0 aromatic heterocycles. The molecule has 1 atom stereocenters. The monoisotopic (exact) mass is 197 g/mol. The smallest absolute Gasteiger partial charge is 0.256 e. The third-order valence-corrected chi connectivity index (χ3v) is 1.88. The summed E-state index contributed by atoms with van der Waals surface area (Å²) in [5.74, 6) is 0. The topological polar surface area (TPSA) is 43.1 Å². The standard InChI is InChI=1S/C9H8ClNO2/c1-2-9(11(12)13)7-4-3-5-8(10)6-7/h2-6,9H,1H2. The van der Waals surface area contributed by atoms with Crippen LogP contribution in [0.25, 0.3) is 0 Å². The van der Waals surface area contributed by atoms with Gasteiger partial charge in [-0.15, -0.1) is 0 Å². The summed E-state index contributed by atoms with van der Waals surface area (Å²) < 4.78 is 0. The van der Waals surface area contributed by atoms with E-state index in [1.807, 2.05) is 0 Å². The molecule has 1 aromatic carbocycles. The Bertz CT molecular complexity index is 338. The first-order valence-electron chi connectivity index (χ1n) is 3.66. The van der Waals surface area contributed by atoms with Crippen LogP contribution in [0.1, 0.15) is 11.6 Å². The summed E-state index contributed by atoms with van der Waals surface area (Å²) in [5, 5.41) is 11.0. The van der Waals surface area contributed by atoms with Gasteiger partial charge < -0.3 is 0 Å². The second-order valence-electron chi connectivity index (χ2n) is 2.52. The molecule has 0 N–H and O–H groups in total. The van der Waals surface area contributed by atoms with Gasteiger partial charge in [0.05, 0.1) is 0 Å². The molecule has 0 aliphatic heterocycles. The van der Waals surface area contributed by atoms with Crippen LogP contribution < -0.4 is 0 Å². The van der Waals surface area contributed by atoms with Gasteiger partial charge in [0.2, 0.25) is 0 Å². The molecule has 0 spiro atoms. The fourth-order valence-electron chi connectivity index (χ4n) is 1.03. The van der Waals surface area contributed by atoms with Crippen LogP contribution in [0.2, 0.25) is 5.02 Å². The van der Waals surface area contributed by atoms with Gasteiger partial charge in [-0.3, -0.25) is 10.1 Å². The summed E-state index contributed by atoms with van der Waals surface area (Å²) in [4.78, 5) is 10.1. The molecule has 0 aliphatic carbocycles. The lowest BCUT2D eigenvalue weighted by Crippen LogP contribution is -2.06. The third-order valence-electron chi connectivity index (χ3n) is 1.64. The zero-order valence-corrected chi connectivity index (χ0v) is 7.57. The summed E-state index contributed by atoms with van der Waals surface area (Å²) >= 11 is 5.69. The van der Waals surface area contributed by atoms with E-state index < -0.39 is 11.0 Å². The van der Waals surface area contributed by atoms with Gasteiger partial charge in [-0.2, -0.15) is 0 Å². The van der Waals surface area contributed by atoms with Crippen LogP contribution in [-0.4, -0.2) is 4.92 Å². The largest absolute Gasteiger partial charge is 0.264 e. The highest BCUT2D eigenvalue weighted by Crippen LogP contribution is 2.20. The molecule has 68 valence electrons. The van der Waals surface area contributed by atoms with E-state index in [9.17, 15) is 10.1 Å². The number of nitrogens with zero attached hydrogens (tertiary/aromatic N) is 1. The Morgan fingerprint density at radius 3 is 2.77 bits per heavy atom. The van der Waals surface area contributed by atoms with E-state index >= 15 is 0 Å². The average Bonchev–Trinajstić information content (AvgIpc) is 2.04. The maximum atomic E-state index is 10.5. The highest BCUT2D eigenvalue weighted by molar-refractivity contribution is 6.30. The molecule has 4 heteroatoms.